The van der Waals surface area contributed by atoms with E-state index < -0.39 is 0 Å². The predicted molar refractivity (Wildman–Crippen MR) is 141 cm³/mol. The highest BCUT2D eigenvalue weighted by molar-refractivity contribution is 5.91. The Hall–Kier alpha value is -4.12. The van der Waals surface area contributed by atoms with Gasteiger partial charge >= 0.3 is 0 Å². The number of nitrogens with zero attached hydrogens (tertiary/aromatic N) is 2. The standard InChI is InChI=1S/C30H31N3O2/c1-23(2)19-20-35-28-16-14-25(15-17-28)30-26(22-33(32-30)27-11-7-4-8-12-27)21-31-29(34)18-13-24-9-5-3-6-10-24/h3-18,22-23H,19-21H2,1-2H3,(H,31,34). The molecule has 3 aromatic carbocycles. The Morgan fingerprint density at radius 2 is 1.66 bits per heavy atom. The molecule has 1 heterocycles. The Morgan fingerprint density at radius 1 is 0.971 bits per heavy atom. The zero-order valence-corrected chi connectivity index (χ0v) is 20.2. The van der Waals surface area contributed by atoms with Crippen molar-refractivity contribution in [1.82, 2.24) is 15.1 Å². The van der Waals surface area contributed by atoms with E-state index in [1.807, 2.05) is 102 Å². The van der Waals surface area contributed by atoms with E-state index in [0.29, 0.717) is 19.1 Å². The monoisotopic (exact) mass is 465 g/mol. The maximum Gasteiger partial charge on any atom is 0.244 e. The van der Waals surface area contributed by atoms with Gasteiger partial charge < -0.3 is 10.1 Å². The molecule has 0 aliphatic heterocycles. The Morgan fingerprint density at radius 3 is 2.34 bits per heavy atom. The molecule has 4 rings (SSSR count). The van der Waals surface area contributed by atoms with Crippen molar-refractivity contribution < 1.29 is 9.53 Å². The number of hydrogen-bond donors (Lipinski definition) is 1. The molecule has 1 amide bonds. The summed E-state index contributed by atoms with van der Waals surface area (Å²) < 4.78 is 7.72. The van der Waals surface area contributed by atoms with E-state index in [2.05, 4.69) is 19.2 Å². The molecule has 0 aliphatic rings. The summed E-state index contributed by atoms with van der Waals surface area (Å²) in [6.07, 6.45) is 6.35. The van der Waals surface area contributed by atoms with Gasteiger partial charge in [0.2, 0.25) is 5.91 Å². The van der Waals surface area contributed by atoms with Gasteiger partial charge in [0.15, 0.2) is 0 Å². The molecule has 35 heavy (non-hydrogen) atoms. The molecule has 0 saturated heterocycles. The molecule has 1 N–H and O–H groups in total. The fraction of sp³-hybridized carbons (Fsp3) is 0.200. The largest absolute Gasteiger partial charge is 0.494 e. The molecule has 178 valence electrons. The maximum absolute atomic E-state index is 12.5. The van der Waals surface area contributed by atoms with Crippen LogP contribution >= 0.6 is 0 Å². The molecule has 0 bridgehead atoms. The van der Waals surface area contributed by atoms with Crippen LogP contribution in [0.5, 0.6) is 5.75 Å². The van der Waals surface area contributed by atoms with Crippen molar-refractivity contribution in [3.8, 4) is 22.7 Å². The lowest BCUT2D eigenvalue weighted by molar-refractivity contribution is -0.116. The average Bonchev–Trinajstić information content (AvgIpc) is 3.32. The van der Waals surface area contributed by atoms with Crippen LogP contribution in [0.25, 0.3) is 23.0 Å². The summed E-state index contributed by atoms with van der Waals surface area (Å²) in [5.74, 6) is 1.30. The molecule has 0 unspecified atom stereocenters. The molecule has 5 nitrogen and oxygen atoms in total. The molecule has 0 atom stereocenters. The second-order valence-electron chi connectivity index (χ2n) is 8.80. The number of nitrogens with one attached hydrogen (secondary N) is 1. The number of para-hydroxylation sites is 1. The van der Waals surface area contributed by atoms with Crippen molar-refractivity contribution in [1.29, 1.82) is 0 Å². The molecule has 0 saturated carbocycles. The Bertz CT molecular complexity index is 1240. The van der Waals surface area contributed by atoms with Gasteiger partial charge in [0.05, 0.1) is 18.0 Å². The second kappa shape index (κ2) is 11.8. The third-order valence-electron chi connectivity index (χ3n) is 5.58. The van der Waals surface area contributed by atoms with Gasteiger partial charge in [0.25, 0.3) is 0 Å². The van der Waals surface area contributed by atoms with Gasteiger partial charge in [-0.15, -0.1) is 0 Å². The third-order valence-corrected chi connectivity index (χ3v) is 5.58. The first kappa shape index (κ1) is 24.0. The van der Waals surface area contributed by atoms with E-state index >= 15 is 0 Å². The highest BCUT2D eigenvalue weighted by Gasteiger charge is 2.13. The van der Waals surface area contributed by atoms with Gasteiger partial charge in [0.1, 0.15) is 5.75 Å². The van der Waals surface area contributed by atoms with E-state index in [9.17, 15) is 4.79 Å². The predicted octanol–water partition coefficient (Wildman–Crippen LogP) is 6.29. The molecule has 0 aliphatic carbocycles. The molecular weight excluding hydrogens is 434 g/mol. The number of carbonyl (C=O) groups excluding carboxylic acids is 1. The summed E-state index contributed by atoms with van der Waals surface area (Å²) in [6, 6.07) is 27.7. The van der Waals surface area contributed by atoms with Gasteiger partial charge in [-0.2, -0.15) is 5.10 Å². The minimum Gasteiger partial charge on any atom is -0.494 e. The lowest BCUT2D eigenvalue weighted by atomic mass is 10.1. The molecular formula is C30H31N3O2. The van der Waals surface area contributed by atoms with E-state index in [0.717, 1.165) is 40.2 Å². The van der Waals surface area contributed by atoms with Crippen LogP contribution in [-0.4, -0.2) is 22.3 Å². The second-order valence-corrected chi connectivity index (χ2v) is 8.80. The van der Waals surface area contributed by atoms with Crippen LogP contribution in [0.2, 0.25) is 0 Å². The average molecular weight is 466 g/mol. The first-order valence-electron chi connectivity index (χ1n) is 12.0. The number of rotatable bonds is 10. The first-order chi connectivity index (χ1) is 17.1. The highest BCUT2D eigenvalue weighted by atomic mass is 16.5. The van der Waals surface area contributed by atoms with Crippen LogP contribution in [0.15, 0.2) is 97.2 Å². The first-order valence-corrected chi connectivity index (χ1v) is 12.0. The van der Waals surface area contributed by atoms with Crippen LogP contribution < -0.4 is 10.1 Å². The maximum atomic E-state index is 12.5. The quantitative estimate of drug-likeness (QED) is 0.280. The zero-order chi connectivity index (χ0) is 24.5. The lowest BCUT2D eigenvalue weighted by Crippen LogP contribution is -2.20. The number of ether oxygens (including phenoxy) is 1. The van der Waals surface area contributed by atoms with Crippen LogP contribution in [-0.2, 0) is 11.3 Å². The summed E-state index contributed by atoms with van der Waals surface area (Å²) in [7, 11) is 0. The van der Waals surface area contributed by atoms with Crippen molar-refractivity contribution >= 4 is 12.0 Å². The zero-order valence-electron chi connectivity index (χ0n) is 20.2. The third kappa shape index (κ3) is 6.93. The molecule has 0 radical (unpaired) electrons. The van der Waals surface area contributed by atoms with Gasteiger partial charge in [0, 0.05) is 29.9 Å². The minimum absolute atomic E-state index is 0.152. The van der Waals surface area contributed by atoms with Gasteiger partial charge in [-0.05, 0) is 60.4 Å². The molecule has 1 aromatic heterocycles. The number of benzene rings is 3. The van der Waals surface area contributed by atoms with Crippen LogP contribution in [0.1, 0.15) is 31.4 Å². The summed E-state index contributed by atoms with van der Waals surface area (Å²) in [4.78, 5) is 12.5. The smallest absolute Gasteiger partial charge is 0.244 e. The van der Waals surface area contributed by atoms with E-state index in [-0.39, 0.29) is 5.91 Å². The number of carbonyl (C=O) groups is 1. The summed E-state index contributed by atoms with van der Waals surface area (Å²) in [6.45, 7) is 5.45. The summed E-state index contributed by atoms with van der Waals surface area (Å²) >= 11 is 0. The SMILES string of the molecule is CC(C)CCOc1ccc(-c2nn(-c3ccccc3)cc2CNC(=O)C=Cc2ccccc2)cc1. The summed E-state index contributed by atoms with van der Waals surface area (Å²) in [5.41, 5.74) is 4.68. The van der Waals surface area contributed by atoms with E-state index in [4.69, 9.17) is 9.84 Å². The Balaban J connectivity index is 1.51. The van der Waals surface area contributed by atoms with Gasteiger partial charge in [-0.25, -0.2) is 4.68 Å². The minimum atomic E-state index is -0.152. The highest BCUT2D eigenvalue weighted by Crippen LogP contribution is 2.26. The fourth-order valence-corrected chi connectivity index (χ4v) is 3.59. The van der Waals surface area contributed by atoms with Crippen LogP contribution in [0, 0.1) is 5.92 Å². The van der Waals surface area contributed by atoms with Crippen molar-refractivity contribution in [3.63, 3.8) is 0 Å². The number of aromatic nitrogens is 2. The van der Waals surface area contributed by atoms with Crippen LogP contribution in [0.4, 0.5) is 0 Å². The van der Waals surface area contributed by atoms with Gasteiger partial charge in [-0.3, -0.25) is 4.79 Å². The Kier molecular flexibility index (Phi) is 8.12. The van der Waals surface area contributed by atoms with Crippen molar-refractivity contribution in [2.45, 2.75) is 26.8 Å². The number of amides is 1. The van der Waals surface area contributed by atoms with Crippen molar-refractivity contribution in [2.75, 3.05) is 6.61 Å². The molecule has 5 heteroatoms. The lowest BCUT2D eigenvalue weighted by Gasteiger charge is -2.09. The molecule has 0 spiro atoms. The van der Waals surface area contributed by atoms with E-state index in [1.165, 1.54) is 0 Å². The normalized spacial score (nSPS) is 11.2. The topological polar surface area (TPSA) is 56.1 Å². The van der Waals surface area contributed by atoms with Crippen molar-refractivity contribution in [2.24, 2.45) is 5.92 Å². The van der Waals surface area contributed by atoms with Crippen molar-refractivity contribution in [3.05, 3.63) is 108 Å². The fourth-order valence-electron chi connectivity index (χ4n) is 3.59. The van der Waals surface area contributed by atoms with E-state index in [1.54, 1.807) is 6.08 Å². The molecule has 0 fully saturated rings. The molecule has 4 aromatic rings. The number of hydrogen-bond acceptors (Lipinski definition) is 3. The van der Waals surface area contributed by atoms with Gasteiger partial charge in [-0.1, -0.05) is 62.4 Å². The Labute approximate surface area is 207 Å². The van der Waals surface area contributed by atoms with Crippen LogP contribution in [0.3, 0.4) is 0 Å². The summed E-state index contributed by atoms with van der Waals surface area (Å²) in [5, 5.41) is 7.83.